The Labute approximate surface area is 121 Å². The zero-order chi connectivity index (χ0) is 14.2. The molecule has 1 aliphatic rings. The molecule has 0 saturated carbocycles. The quantitative estimate of drug-likeness (QED) is 0.811. The summed E-state index contributed by atoms with van der Waals surface area (Å²) in [7, 11) is -3.46. The summed E-state index contributed by atoms with van der Waals surface area (Å²) in [6.45, 7) is 0.146. The molecule has 0 unspecified atom stereocenters. The second kappa shape index (κ2) is 5.10. The molecular formula is C13H12ClNO4S. The number of hydrogen-bond donors (Lipinski definition) is 0. The predicted octanol–water partition coefficient (Wildman–Crippen LogP) is 2.37. The molecule has 0 fully saturated rings. The molecule has 2 aromatic rings. The van der Waals surface area contributed by atoms with Crippen molar-refractivity contribution in [3.63, 3.8) is 0 Å². The highest BCUT2D eigenvalue weighted by Gasteiger charge is 2.22. The Morgan fingerprint density at radius 1 is 1.25 bits per heavy atom. The van der Waals surface area contributed by atoms with Crippen LogP contribution in [0.4, 0.5) is 0 Å². The van der Waals surface area contributed by atoms with Gasteiger partial charge in [-0.3, -0.25) is 0 Å². The molecule has 3 rings (SSSR count). The van der Waals surface area contributed by atoms with Crippen LogP contribution in [0.15, 0.2) is 29.4 Å². The highest BCUT2D eigenvalue weighted by atomic mass is 35.5. The Morgan fingerprint density at radius 3 is 2.75 bits per heavy atom. The van der Waals surface area contributed by atoms with Gasteiger partial charge in [0.15, 0.2) is 26.4 Å². The average molecular weight is 314 g/mol. The normalized spacial score (nSPS) is 13.8. The number of benzene rings is 1. The third-order valence-electron chi connectivity index (χ3n) is 3.06. The van der Waals surface area contributed by atoms with Crippen LogP contribution in [0.1, 0.15) is 6.42 Å². The Hall–Kier alpha value is -1.53. The molecule has 1 aliphatic heterocycles. The van der Waals surface area contributed by atoms with Crippen LogP contribution in [0.25, 0.3) is 10.8 Å². The smallest absolute Gasteiger partial charge is 0.231 e. The van der Waals surface area contributed by atoms with Crippen molar-refractivity contribution in [3.8, 4) is 11.5 Å². The number of fused-ring (bicyclic) bond motifs is 2. The fraction of sp³-hybridized carbons (Fsp3) is 0.308. The molecular weight excluding hydrogens is 302 g/mol. The topological polar surface area (TPSA) is 65.5 Å². The molecule has 0 amide bonds. The lowest BCUT2D eigenvalue weighted by Gasteiger charge is -2.07. The lowest BCUT2D eigenvalue weighted by molar-refractivity contribution is 0.174. The van der Waals surface area contributed by atoms with Crippen LogP contribution >= 0.6 is 11.6 Å². The molecule has 20 heavy (non-hydrogen) atoms. The molecule has 0 aliphatic carbocycles. The molecule has 1 aromatic heterocycles. The van der Waals surface area contributed by atoms with E-state index in [1.165, 1.54) is 6.20 Å². The van der Waals surface area contributed by atoms with E-state index in [9.17, 15) is 8.42 Å². The van der Waals surface area contributed by atoms with Crippen molar-refractivity contribution < 1.29 is 17.9 Å². The third-order valence-corrected chi connectivity index (χ3v) is 5.07. The van der Waals surface area contributed by atoms with E-state index in [2.05, 4.69) is 4.98 Å². The number of alkyl halides is 1. The first-order valence-electron chi connectivity index (χ1n) is 6.09. The number of sulfone groups is 1. The zero-order valence-corrected chi connectivity index (χ0v) is 12.1. The number of ether oxygens (including phenoxy) is 2. The third kappa shape index (κ3) is 2.29. The van der Waals surface area contributed by atoms with Crippen LogP contribution in [-0.4, -0.2) is 31.8 Å². The molecule has 7 heteroatoms. The minimum absolute atomic E-state index is 0.0168. The van der Waals surface area contributed by atoms with Crippen molar-refractivity contribution in [2.75, 3.05) is 18.4 Å². The van der Waals surface area contributed by atoms with Crippen LogP contribution in [0.3, 0.4) is 0 Å². The van der Waals surface area contributed by atoms with Gasteiger partial charge in [-0.1, -0.05) is 0 Å². The van der Waals surface area contributed by atoms with Gasteiger partial charge in [0.05, 0.1) is 5.75 Å². The second-order valence-corrected chi connectivity index (χ2v) is 6.81. The summed E-state index contributed by atoms with van der Waals surface area (Å²) in [6, 6.07) is 5.18. The molecule has 0 N–H and O–H groups in total. The van der Waals surface area contributed by atoms with Crippen molar-refractivity contribution in [1.82, 2.24) is 4.98 Å². The summed E-state index contributed by atoms with van der Waals surface area (Å²) in [4.78, 5) is 4.03. The van der Waals surface area contributed by atoms with Crippen molar-refractivity contribution in [3.05, 3.63) is 24.4 Å². The van der Waals surface area contributed by atoms with E-state index in [1.807, 2.05) is 0 Å². The van der Waals surface area contributed by atoms with Gasteiger partial charge in [0.1, 0.15) is 0 Å². The van der Waals surface area contributed by atoms with E-state index in [-0.39, 0.29) is 17.6 Å². The predicted molar refractivity (Wildman–Crippen MR) is 75.3 cm³/mol. The monoisotopic (exact) mass is 313 g/mol. The van der Waals surface area contributed by atoms with Crippen LogP contribution in [0.5, 0.6) is 11.5 Å². The van der Waals surface area contributed by atoms with Gasteiger partial charge in [0, 0.05) is 17.5 Å². The van der Waals surface area contributed by atoms with Crippen LogP contribution < -0.4 is 9.47 Å². The average Bonchev–Trinajstić information content (AvgIpc) is 2.89. The zero-order valence-electron chi connectivity index (χ0n) is 10.5. The van der Waals surface area contributed by atoms with E-state index < -0.39 is 9.84 Å². The fourth-order valence-electron chi connectivity index (χ4n) is 2.12. The minimum atomic E-state index is -3.46. The molecule has 1 aromatic carbocycles. The number of rotatable bonds is 4. The van der Waals surface area contributed by atoms with E-state index in [1.54, 1.807) is 18.2 Å². The summed E-state index contributed by atoms with van der Waals surface area (Å²) in [5.74, 6) is 1.44. The van der Waals surface area contributed by atoms with Gasteiger partial charge < -0.3 is 9.47 Å². The van der Waals surface area contributed by atoms with Crippen molar-refractivity contribution in [2.45, 2.75) is 11.4 Å². The second-order valence-electron chi connectivity index (χ2n) is 4.40. The molecule has 0 atom stereocenters. The van der Waals surface area contributed by atoms with Crippen molar-refractivity contribution in [1.29, 1.82) is 0 Å². The highest BCUT2D eigenvalue weighted by Crippen LogP contribution is 2.37. The molecule has 5 nitrogen and oxygen atoms in total. The summed E-state index contributed by atoms with van der Waals surface area (Å²) in [6.07, 6.45) is 1.88. The summed E-state index contributed by atoms with van der Waals surface area (Å²) >= 11 is 5.57. The van der Waals surface area contributed by atoms with Gasteiger partial charge in [-0.2, -0.15) is 0 Å². The van der Waals surface area contributed by atoms with Crippen molar-refractivity contribution in [2.24, 2.45) is 0 Å². The Balaban J connectivity index is 2.16. The Bertz CT molecular complexity index is 760. The van der Waals surface area contributed by atoms with Crippen molar-refractivity contribution >= 4 is 32.2 Å². The number of nitrogens with zero attached hydrogens (tertiary/aromatic N) is 1. The lowest BCUT2D eigenvalue weighted by Crippen LogP contribution is -2.09. The summed E-state index contributed by atoms with van der Waals surface area (Å²) in [5, 5.41) is 1.37. The SMILES string of the molecule is O=S(=O)(CCCCl)c1nccc2cc3c(cc12)OCO3. The van der Waals surface area contributed by atoms with Gasteiger partial charge >= 0.3 is 0 Å². The minimum Gasteiger partial charge on any atom is -0.454 e. The maximum absolute atomic E-state index is 12.3. The lowest BCUT2D eigenvalue weighted by atomic mass is 10.1. The summed E-state index contributed by atoms with van der Waals surface area (Å²) < 4.78 is 35.2. The van der Waals surface area contributed by atoms with Gasteiger partial charge in [0.25, 0.3) is 0 Å². The van der Waals surface area contributed by atoms with Crippen LogP contribution in [0, 0.1) is 0 Å². The molecule has 0 bridgehead atoms. The van der Waals surface area contributed by atoms with Gasteiger partial charge in [-0.15, -0.1) is 11.6 Å². The van der Waals surface area contributed by atoms with Gasteiger partial charge in [-0.05, 0) is 30.0 Å². The number of hydrogen-bond acceptors (Lipinski definition) is 5. The van der Waals surface area contributed by atoms with E-state index in [4.69, 9.17) is 21.1 Å². The molecule has 0 saturated heterocycles. The fourth-order valence-corrected chi connectivity index (χ4v) is 3.87. The van der Waals surface area contributed by atoms with Gasteiger partial charge in [0.2, 0.25) is 6.79 Å². The van der Waals surface area contributed by atoms with Crippen LogP contribution in [0.2, 0.25) is 0 Å². The van der Waals surface area contributed by atoms with E-state index in [0.29, 0.717) is 29.2 Å². The molecule has 2 heterocycles. The first kappa shape index (κ1) is 13.5. The van der Waals surface area contributed by atoms with E-state index in [0.717, 1.165) is 5.39 Å². The first-order chi connectivity index (χ1) is 9.62. The van der Waals surface area contributed by atoms with E-state index >= 15 is 0 Å². The molecule has 0 radical (unpaired) electrons. The largest absolute Gasteiger partial charge is 0.454 e. The number of aromatic nitrogens is 1. The number of pyridine rings is 1. The highest BCUT2D eigenvalue weighted by molar-refractivity contribution is 7.91. The maximum atomic E-state index is 12.3. The summed E-state index contributed by atoms with van der Waals surface area (Å²) in [5.41, 5.74) is 0. The standard InChI is InChI=1S/C13H12ClNO4S/c14-3-1-5-20(16,17)13-10-7-12-11(18-8-19-12)6-9(10)2-4-15-13/h2,4,6-7H,1,3,5,8H2. The number of halogens is 1. The Morgan fingerprint density at radius 2 is 2.00 bits per heavy atom. The molecule has 0 spiro atoms. The van der Waals surface area contributed by atoms with Gasteiger partial charge in [-0.25, -0.2) is 13.4 Å². The molecule has 106 valence electrons. The maximum Gasteiger partial charge on any atom is 0.231 e. The first-order valence-corrected chi connectivity index (χ1v) is 8.27. The Kier molecular flexibility index (Phi) is 3.43. The van der Waals surface area contributed by atoms with Crippen LogP contribution in [-0.2, 0) is 9.84 Å².